The van der Waals surface area contributed by atoms with Crippen LogP contribution in [0.25, 0.3) is 10.9 Å². The number of benzene rings is 1. The summed E-state index contributed by atoms with van der Waals surface area (Å²) in [6.07, 6.45) is 1.95. The number of carbonyl (C=O) groups excluding carboxylic acids is 1. The van der Waals surface area contributed by atoms with E-state index in [4.69, 9.17) is 4.74 Å². The molecule has 94 valence electrons. The molecule has 4 nitrogen and oxygen atoms in total. The molecule has 0 unspecified atom stereocenters. The lowest BCUT2D eigenvalue weighted by molar-refractivity contribution is 0.0520. The standard InChI is InChI=1S/C13H13NO3S/c1-3-17-13(16)11-7-12(15)9-6-8(18-2)4-5-10(9)14-11/h4-7H,3H2,1-2H3,(H,14,15). The lowest BCUT2D eigenvalue weighted by Crippen LogP contribution is -2.12. The zero-order valence-electron chi connectivity index (χ0n) is 10.1. The van der Waals surface area contributed by atoms with Gasteiger partial charge in [0.05, 0.1) is 6.61 Å². The highest BCUT2D eigenvalue weighted by Crippen LogP contribution is 2.18. The number of hydrogen-bond acceptors (Lipinski definition) is 4. The molecule has 5 heteroatoms. The molecule has 1 heterocycles. The highest BCUT2D eigenvalue weighted by atomic mass is 32.2. The van der Waals surface area contributed by atoms with Crippen LogP contribution in [0.2, 0.25) is 0 Å². The Morgan fingerprint density at radius 1 is 1.39 bits per heavy atom. The molecule has 0 atom stereocenters. The number of esters is 1. The molecule has 1 N–H and O–H groups in total. The van der Waals surface area contributed by atoms with E-state index in [0.29, 0.717) is 10.9 Å². The number of aromatic nitrogens is 1. The first-order valence-electron chi connectivity index (χ1n) is 5.54. The largest absolute Gasteiger partial charge is 0.461 e. The Balaban J connectivity index is 2.57. The van der Waals surface area contributed by atoms with Crippen LogP contribution in [0.3, 0.4) is 0 Å². The molecule has 0 amide bonds. The van der Waals surface area contributed by atoms with E-state index in [9.17, 15) is 9.59 Å². The zero-order chi connectivity index (χ0) is 13.1. The summed E-state index contributed by atoms with van der Waals surface area (Å²) in [5, 5.41) is 0.579. The summed E-state index contributed by atoms with van der Waals surface area (Å²) < 4.78 is 4.86. The smallest absolute Gasteiger partial charge is 0.354 e. The summed E-state index contributed by atoms with van der Waals surface area (Å²) >= 11 is 1.57. The molecular formula is C13H13NO3S. The van der Waals surface area contributed by atoms with Gasteiger partial charge in [-0.2, -0.15) is 0 Å². The van der Waals surface area contributed by atoms with Crippen molar-refractivity contribution in [3.8, 4) is 0 Å². The van der Waals surface area contributed by atoms with Crippen LogP contribution >= 0.6 is 11.8 Å². The van der Waals surface area contributed by atoms with Gasteiger partial charge in [-0.15, -0.1) is 11.8 Å². The quantitative estimate of drug-likeness (QED) is 0.682. The first-order valence-corrected chi connectivity index (χ1v) is 6.76. The molecule has 18 heavy (non-hydrogen) atoms. The molecule has 1 aromatic carbocycles. The number of fused-ring (bicyclic) bond motifs is 1. The Morgan fingerprint density at radius 3 is 2.83 bits per heavy atom. The van der Waals surface area contributed by atoms with Crippen molar-refractivity contribution in [2.45, 2.75) is 11.8 Å². The van der Waals surface area contributed by atoms with E-state index in [1.54, 1.807) is 24.8 Å². The summed E-state index contributed by atoms with van der Waals surface area (Å²) in [4.78, 5) is 27.4. The van der Waals surface area contributed by atoms with Crippen molar-refractivity contribution < 1.29 is 9.53 Å². The lowest BCUT2D eigenvalue weighted by Gasteiger charge is -2.05. The molecule has 0 bridgehead atoms. The van der Waals surface area contributed by atoms with Gasteiger partial charge in [0.15, 0.2) is 5.43 Å². The topological polar surface area (TPSA) is 59.2 Å². The lowest BCUT2D eigenvalue weighted by atomic mass is 10.2. The maximum Gasteiger partial charge on any atom is 0.354 e. The van der Waals surface area contributed by atoms with Crippen molar-refractivity contribution in [1.82, 2.24) is 4.98 Å². The van der Waals surface area contributed by atoms with Gasteiger partial charge < -0.3 is 9.72 Å². The Hall–Kier alpha value is -1.75. The fourth-order valence-corrected chi connectivity index (χ4v) is 2.11. The average molecular weight is 263 g/mol. The molecule has 1 aromatic heterocycles. The van der Waals surface area contributed by atoms with E-state index >= 15 is 0 Å². The summed E-state index contributed by atoms with van der Waals surface area (Å²) in [7, 11) is 0. The van der Waals surface area contributed by atoms with E-state index in [2.05, 4.69) is 4.98 Å². The number of pyridine rings is 1. The van der Waals surface area contributed by atoms with Gasteiger partial charge in [-0.05, 0) is 31.4 Å². The summed E-state index contributed by atoms with van der Waals surface area (Å²) in [5.41, 5.74) is 0.650. The molecular weight excluding hydrogens is 250 g/mol. The highest BCUT2D eigenvalue weighted by molar-refractivity contribution is 7.98. The third kappa shape index (κ3) is 2.41. The number of ether oxygens (including phenoxy) is 1. The molecule has 0 aliphatic rings. The SMILES string of the molecule is CCOC(=O)c1cc(=O)c2cc(SC)ccc2[nH]1. The van der Waals surface area contributed by atoms with Crippen molar-refractivity contribution in [2.75, 3.05) is 12.9 Å². The second kappa shape index (κ2) is 5.27. The first kappa shape index (κ1) is 12.7. The summed E-state index contributed by atoms with van der Waals surface area (Å²) in [6, 6.07) is 6.79. The van der Waals surface area contributed by atoms with Crippen LogP contribution < -0.4 is 5.43 Å². The van der Waals surface area contributed by atoms with Crippen molar-refractivity contribution in [1.29, 1.82) is 0 Å². The number of carbonyl (C=O) groups is 1. The minimum absolute atomic E-state index is 0.178. The molecule has 2 aromatic rings. The molecule has 2 rings (SSSR count). The minimum Gasteiger partial charge on any atom is -0.461 e. The fraction of sp³-hybridized carbons (Fsp3) is 0.231. The highest BCUT2D eigenvalue weighted by Gasteiger charge is 2.10. The van der Waals surface area contributed by atoms with E-state index in [-0.39, 0.29) is 17.7 Å². The second-order valence-corrected chi connectivity index (χ2v) is 4.56. The average Bonchev–Trinajstić information content (AvgIpc) is 2.38. The van der Waals surface area contributed by atoms with Gasteiger partial charge >= 0.3 is 5.97 Å². The predicted octanol–water partition coefficient (Wildman–Crippen LogP) is 2.43. The predicted molar refractivity (Wildman–Crippen MR) is 72.3 cm³/mol. The molecule has 0 saturated heterocycles. The molecule has 0 spiro atoms. The second-order valence-electron chi connectivity index (χ2n) is 3.68. The van der Waals surface area contributed by atoms with E-state index < -0.39 is 5.97 Å². The van der Waals surface area contributed by atoms with Crippen LogP contribution in [0.4, 0.5) is 0 Å². The van der Waals surface area contributed by atoms with Gasteiger partial charge in [-0.3, -0.25) is 4.79 Å². The van der Waals surface area contributed by atoms with Gasteiger partial charge in [0, 0.05) is 21.9 Å². The zero-order valence-corrected chi connectivity index (χ0v) is 11.0. The number of hydrogen-bond donors (Lipinski definition) is 1. The van der Waals surface area contributed by atoms with Crippen LogP contribution in [0, 0.1) is 0 Å². The molecule has 0 fully saturated rings. The van der Waals surface area contributed by atoms with Crippen LogP contribution in [0.15, 0.2) is 34.0 Å². The number of rotatable bonds is 3. The van der Waals surface area contributed by atoms with Crippen molar-refractivity contribution in [3.63, 3.8) is 0 Å². The maximum absolute atomic E-state index is 11.9. The van der Waals surface area contributed by atoms with Gasteiger partial charge in [0.25, 0.3) is 0 Å². The third-order valence-corrected chi connectivity index (χ3v) is 3.26. The third-order valence-electron chi connectivity index (χ3n) is 2.53. The van der Waals surface area contributed by atoms with Crippen LogP contribution in [-0.2, 0) is 4.74 Å². The number of thioether (sulfide) groups is 1. The van der Waals surface area contributed by atoms with Crippen LogP contribution in [-0.4, -0.2) is 23.8 Å². The monoisotopic (exact) mass is 263 g/mol. The van der Waals surface area contributed by atoms with Crippen LogP contribution in [0.1, 0.15) is 17.4 Å². The number of nitrogens with one attached hydrogen (secondary N) is 1. The summed E-state index contributed by atoms with van der Waals surface area (Å²) in [5.74, 6) is -0.509. The Morgan fingerprint density at radius 2 is 2.17 bits per heavy atom. The molecule has 0 aliphatic carbocycles. The fourth-order valence-electron chi connectivity index (χ4n) is 1.67. The number of H-pyrrole nitrogens is 1. The van der Waals surface area contributed by atoms with Crippen molar-refractivity contribution >= 4 is 28.6 Å². The van der Waals surface area contributed by atoms with E-state index in [1.807, 2.05) is 18.4 Å². The van der Waals surface area contributed by atoms with Crippen molar-refractivity contribution in [3.05, 3.63) is 40.2 Å². The first-order chi connectivity index (χ1) is 8.65. The van der Waals surface area contributed by atoms with Crippen LogP contribution in [0.5, 0.6) is 0 Å². The Kier molecular flexibility index (Phi) is 3.72. The normalized spacial score (nSPS) is 10.6. The number of aromatic amines is 1. The van der Waals surface area contributed by atoms with Gasteiger partial charge in [-0.1, -0.05) is 0 Å². The Labute approximate surface area is 108 Å². The van der Waals surface area contributed by atoms with Gasteiger partial charge in [-0.25, -0.2) is 4.79 Å². The molecule has 0 radical (unpaired) electrons. The molecule has 0 saturated carbocycles. The Bertz CT molecular complexity index is 648. The maximum atomic E-state index is 11.9. The molecule has 0 aliphatic heterocycles. The van der Waals surface area contributed by atoms with Crippen molar-refractivity contribution in [2.24, 2.45) is 0 Å². The van der Waals surface area contributed by atoms with E-state index in [1.165, 1.54) is 6.07 Å². The van der Waals surface area contributed by atoms with Gasteiger partial charge in [0.1, 0.15) is 5.69 Å². The minimum atomic E-state index is -0.509. The van der Waals surface area contributed by atoms with Gasteiger partial charge in [0.2, 0.25) is 0 Å². The van der Waals surface area contributed by atoms with E-state index in [0.717, 1.165) is 4.90 Å². The summed E-state index contributed by atoms with van der Waals surface area (Å²) in [6.45, 7) is 2.01.